The van der Waals surface area contributed by atoms with E-state index in [-0.39, 0.29) is 5.52 Å². The second-order valence-electron chi connectivity index (χ2n) is 7.20. The first-order valence-corrected chi connectivity index (χ1v) is 8.48. The lowest BCUT2D eigenvalue weighted by Crippen LogP contribution is -2.19. The predicted octanol–water partition coefficient (Wildman–Crippen LogP) is 5.20. The molecule has 1 saturated heterocycles. The molecular weight excluding hydrogens is 313 g/mol. The van der Waals surface area contributed by atoms with Crippen LogP contribution in [0.5, 0.6) is 0 Å². The molecule has 2 fully saturated rings. The minimum atomic E-state index is -4.36. The van der Waals surface area contributed by atoms with E-state index in [1.54, 1.807) is 0 Å². The summed E-state index contributed by atoms with van der Waals surface area (Å²) in [5.41, 5.74) is 1.91. The molecule has 0 spiro atoms. The molecule has 128 valence electrons. The Morgan fingerprint density at radius 3 is 2.50 bits per heavy atom. The fraction of sp³-hybridized carbons (Fsp3) is 0.474. The third kappa shape index (κ3) is 2.41. The van der Waals surface area contributed by atoms with Crippen molar-refractivity contribution in [3.63, 3.8) is 0 Å². The van der Waals surface area contributed by atoms with Crippen molar-refractivity contribution in [1.29, 1.82) is 0 Å². The Bertz CT molecular complexity index is 791. The molecule has 0 bridgehead atoms. The van der Waals surface area contributed by atoms with Crippen molar-refractivity contribution in [2.75, 3.05) is 13.1 Å². The van der Waals surface area contributed by atoms with E-state index >= 15 is 0 Å². The highest BCUT2D eigenvalue weighted by atomic mass is 19.4. The first-order chi connectivity index (χ1) is 11.3. The summed E-state index contributed by atoms with van der Waals surface area (Å²) in [5, 5.41) is 0.625. The quantitative estimate of drug-likeness (QED) is 0.800. The molecule has 2 aromatic rings. The summed E-state index contributed by atoms with van der Waals surface area (Å²) in [4.78, 5) is 5.23. The summed E-state index contributed by atoms with van der Waals surface area (Å²) < 4.78 is 39.8. The average molecular weight is 334 g/mol. The molecule has 1 aliphatic heterocycles. The van der Waals surface area contributed by atoms with E-state index in [1.165, 1.54) is 25.3 Å². The number of alkyl halides is 3. The standard InChI is InChI=1S/C19H21F3N2/c1-11-6-7-16(19(20,21)22)18-15(11)8-17(23-18)12(2)24-9-13-4-3-5-14(13)10-24/h6-8,13-14,23H,2-5,9-10H2,1H3. The first-order valence-electron chi connectivity index (χ1n) is 8.48. The molecular formula is C19H21F3N2. The topological polar surface area (TPSA) is 19.0 Å². The van der Waals surface area contributed by atoms with Gasteiger partial charge in [0.2, 0.25) is 0 Å². The number of aromatic amines is 1. The van der Waals surface area contributed by atoms with Gasteiger partial charge < -0.3 is 9.88 Å². The van der Waals surface area contributed by atoms with E-state index in [0.29, 0.717) is 11.1 Å². The number of aryl methyl sites for hydroxylation is 1. The van der Waals surface area contributed by atoms with Gasteiger partial charge in [0, 0.05) is 18.5 Å². The molecule has 1 aromatic heterocycles. The van der Waals surface area contributed by atoms with Gasteiger partial charge in [0.15, 0.2) is 0 Å². The van der Waals surface area contributed by atoms with Gasteiger partial charge in [-0.25, -0.2) is 0 Å². The number of rotatable bonds is 2. The summed E-state index contributed by atoms with van der Waals surface area (Å²) in [5.74, 6) is 1.44. The Morgan fingerprint density at radius 1 is 1.21 bits per heavy atom. The SMILES string of the molecule is C=C(c1cc2c(C)ccc(C(F)(F)F)c2[nH]1)N1CC2CCCC2C1. The van der Waals surface area contributed by atoms with Gasteiger partial charge in [-0.1, -0.05) is 19.1 Å². The monoisotopic (exact) mass is 334 g/mol. The second kappa shape index (κ2) is 5.30. The predicted molar refractivity (Wildman–Crippen MR) is 89.5 cm³/mol. The van der Waals surface area contributed by atoms with Crippen LogP contribution in [0.2, 0.25) is 0 Å². The van der Waals surface area contributed by atoms with Crippen molar-refractivity contribution in [1.82, 2.24) is 9.88 Å². The molecule has 2 atom stereocenters. The fourth-order valence-corrected chi connectivity index (χ4v) is 4.38. The number of fused-ring (bicyclic) bond motifs is 2. The van der Waals surface area contributed by atoms with Crippen LogP contribution in [0.3, 0.4) is 0 Å². The molecule has 1 N–H and O–H groups in total. The van der Waals surface area contributed by atoms with Crippen molar-refractivity contribution < 1.29 is 13.2 Å². The van der Waals surface area contributed by atoms with Gasteiger partial charge >= 0.3 is 6.18 Å². The van der Waals surface area contributed by atoms with Crippen molar-refractivity contribution in [3.8, 4) is 0 Å². The first kappa shape index (κ1) is 15.6. The lowest BCUT2D eigenvalue weighted by molar-refractivity contribution is -0.136. The molecule has 4 rings (SSSR count). The lowest BCUT2D eigenvalue weighted by Gasteiger charge is -2.21. The van der Waals surface area contributed by atoms with Crippen molar-refractivity contribution in [2.45, 2.75) is 32.4 Å². The number of aromatic nitrogens is 1. The highest BCUT2D eigenvalue weighted by Crippen LogP contribution is 2.41. The summed E-state index contributed by atoms with van der Waals surface area (Å²) in [7, 11) is 0. The van der Waals surface area contributed by atoms with Gasteiger partial charge in [-0.15, -0.1) is 0 Å². The molecule has 1 aromatic carbocycles. The molecule has 2 heterocycles. The van der Waals surface area contributed by atoms with Gasteiger partial charge in [-0.3, -0.25) is 0 Å². The maximum Gasteiger partial charge on any atom is 0.418 e. The average Bonchev–Trinajstić information content (AvgIpc) is 3.19. The summed E-state index contributed by atoms with van der Waals surface area (Å²) in [6.07, 6.45) is -0.535. The van der Waals surface area contributed by atoms with Gasteiger partial charge in [0.05, 0.1) is 22.5 Å². The Kier molecular flexibility index (Phi) is 3.44. The highest BCUT2D eigenvalue weighted by Gasteiger charge is 2.37. The maximum atomic E-state index is 13.3. The van der Waals surface area contributed by atoms with E-state index in [1.807, 2.05) is 13.0 Å². The molecule has 24 heavy (non-hydrogen) atoms. The van der Waals surface area contributed by atoms with E-state index in [9.17, 15) is 13.2 Å². The molecule has 0 radical (unpaired) electrons. The Balaban J connectivity index is 1.70. The Morgan fingerprint density at radius 2 is 1.88 bits per heavy atom. The maximum absolute atomic E-state index is 13.3. The molecule has 2 nitrogen and oxygen atoms in total. The van der Waals surface area contributed by atoms with Crippen LogP contribution in [0.4, 0.5) is 13.2 Å². The third-order valence-electron chi connectivity index (χ3n) is 5.74. The van der Waals surface area contributed by atoms with Crippen LogP contribution in [0.15, 0.2) is 24.8 Å². The number of H-pyrrole nitrogens is 1. The third-order valence-corrected chi connectivity index (χ3v) is 5.74. The Hall–Kier alpha value is -1.91. The van der Waals surface area contributed by atoms with Gasteiger partial charge in [-0.2, -0.15) is 13.2 Å². The summed E-state index contributed by atoms with van der Waals surface area (Å²) >= 11 is 0. The molecule has 1 aliphatic carbocycles. The number of hydrogen-bond acceptors (Lipinski definition) is 1. The van der Waals surface area contributed by atoms with Crippen LogP contribution in [0, 0.1) is 18.8 Å². The second-order valence-corrected chi connectivity index (χ2v) is 7.20. The van der Waals surface area contributed by atoms with Gasteiger partial charge in [0.25, 0.3) is 0 Å². The summed E-state index contributed by atoms with van der Waals surface area (Å²) in [6.45, 7) is 7.95. The fourth-order valence-electron chi connectivity index (χ4n) is 4.38. The molecule has 5 heteroatoms. The number of nitrogens with one attached hydrogen (secondary N) is 1. The van der Waals surface area contributed by atoms with Crippen LogP contribution < -0.4 is 0 Å². The molecule has 2 aliphatic rings. The van der Waals surface area contributed by atoms with Crippen LogP contribution in [-0.4, -0.2) is 23.0 Å². The van der Waals surface area contributed by atoms with Crippen LogP contribution in [0.25, 0.3) is 16.6 Å². The number of benzene rings is 1. The van der Waals surface area contributed by atoms with Crippen LogP contribution in [-0.2, 0) is 6.18 Å². The zero-order chi connectivity index (χ0) is 17.1. The summed E-state index contributed by atoms with van der Waals surface area (Å²) in [6, 6.07) is 4.50. The van der Waals surface area contributed by atoms with Gasteiger partial charge in [-0.05, 0) is 49.3 Å². The lowest BCUT2D eigenvalue weighted by atomic mass is 10.0. The number of hydrogen-bond donors (Lipinski definition) is 1. The zero-order valence-corrected chi connectivity index (χ0v) is 13.7. The van der Waals surface area contributed by atoms with Crippen molar-refractivity contribution >= 4 is 16.6 Å². The minimum Gasteiger partial charge on any atom is -0.370 e. The van der Waals surface area contributed by atoms with Crippen molar-refractivity contribution in [3.05, 3.63) is 41.6 Å². The smallest absolute Gasteiger partial charge is 0.370 e. The highest BCUT2D eigenvalue weighted by molar-refractivity contribution is 5.89. The van der Waals surface area contributed by atoms with E-state index in [0.717, 1.165) is 42.3 Å². The number of nitrogens with zero attached hydrogens (tertiary/aromatic N) is 1. The van der Waals surface area contributed by atoms with Crippen LogP contribution >= 0.6 is 0 Å². The molecule has 0 amide bonds. The van der Waals surface area contributed by atoms with Crippen LogP contribution in [0.1, 0.15) is 36.1 Å². The normalized spacial score (nSPS) is 23.9. The van der Waals surface area contributed by atoms with E-state index in [2.05, 4.69) is 16.5 Å². The van der Waals surface area contributed by atoms with E-state index < -0.39 is 11.7 Å². The number of likely N-dealkylation sites (tertiary alicyclic amines) is 1. The largest absolute Gasteiger partial charge is 0.418 e. The number of halogens is 3. The Labute approximate surface area is 139 Å². The van der Waals surface area contributed by atoms with E-state index in [4.69, 9.17) is 0 Å². The van der Waals surface area contributed by atoms with Gasteiger partial charge in [0.1, 0.15) is 0 Å². The zero-order valence-electron chi connectivity index (χ0n) is 13.7. The molecule has 1 saturated carbocycles. The minimum absolute atomic E-state index is 0.165. The molecule has 2 unspecified atom stereocenters. The van der Waals surface area contributed by atoms with Crippen molar-refractivity contribution in [2.24, 2.45) is 11.8 Å².